The standard InChI is InChI=1S/C74H144O17P2/c1-8-10-11-12-13-14-15-16-17-18-19-23-26-29-32-41-48-55-71(76)84-61-69(90-73(78)57-50-43-33-30-27-24-21-20-22-25-28-31-40-47-54-67(7)9-2)63-88-92(80,81)86-59-68(75)60-87-93(82,83)89-64-70(91-74(79)58-51-44-37-35-39-46-53-66(5)6)62-85-72(77)56-49-42-36-34-38-45-52-65(3)4/h65-70,75H,8-64H2,1-7H3,(H,80,81)(H,82,83)/t67?,68-,69-,70-/m1/s1. The summed E-state index contributed by atoms with van der Waals surface area (Å²) in [4.78, 5) is 72.6. The molecule has 0 fully saturated rings. The van der Waals surface area contributed by atoms with E-state index >= 15 is 0 Å². The number of phosphoric ester groups is 2. The Bertz CT molecular complexity index is 1820. The lowest BCUT2D eigenvalue weighted by Crippen LogP contribution is -2.30. The lowest BCUT2D eigenvalue weighted by Gasteiger charge is -2.21. The molecule has 0 amide bonds. The molecule has 0 saturated carbocycles. The Labute approximate surface area is 568 Å². The van der Waals surface area contributed by atoms with Gasteiger partial charge in [-0.1, -0.05) is 325 Å². The van der Waals surface area contributed by atoms with Gasteiger partial charge >= 0.3 is 39.5 Å². The molecule has 3 unspecified atom stereocenters. The molecule has 93 heavy (non-hydrogen) atoms. The van der Waals surface area contributed by atoms with Crippen LogP contribution in [0.3, 0.4) is 0 Å². The van der Waals surface area contributed by atoms with Gasteiger partial charge in [-0.3, -0.25) is 37.3 Å². The van der Waals surface area contributed by atoms with Crippen LogP contribution in [0.25, 0.3) is 0 Å². The van der Waals surface area contributed by atoms with Gasteiger partial charge in [-0.2, -0.15) is 0 Å². The maximum atomic E-state index is 13.1. The molecule has 0 aliphatic heterocycles. The van der Waals surface area contributed by atoms with Crippen LogP contribution >= 0.6 is 15.6 Å². The third-order valence-electron chi connectivity index (χ3n) is 17.5. The summed E-state index contributed by atoms with van der Waals surface area (Å²) >= 11 is 0. The Morgan fingerprint density at radius 2 is 0.548 bits per heavy atom. The topological polar surface area (TPSA) is 237 Å². The van der Waals surface area contributed by atoms with E-state index < -0.39 is 97.5 Å². The van der Waals surface area contributed by atoms with Crippen molar-refractivity contribution >= 4 is 39.5 Å². The second kappa shape index (κ2) is 64.7. The van der Waals surface area contributed by atoms with Crippen molar-refractivity contribution in [3.05, 3.63) is 0 Å². The third-order valence-corrected chi connectivity index (χ3v) is 19.4. The summed E-state index contributed by atoms with van der Waals surface area (Å²) in [6.07, 6.45) is 50.3. The molecule has 19 heteroatoms. The molecule has 0 aliphatic carbocycles. The average molecular weight is 1370 g/mol. The molecule has 0 aromatic carbocycles. The van der Waals surface area contributed by atoms with Crippen molar-refractivity contribution in [2.75, 3.05) is 39.6 Å². The van der Waals surface area contributed by atoms with Crippen LogP contribution in [0.5, 0.6) is 0 Å². The second-order valence-electron chi connectivity index (χ2n) is 27.9. The maximum Gasteiger partial charge on any atom is 0.472 e. The molecule has 17 nitrogen and oxygen atoms in total. The number of rotatable bonds is 72. The van der Waals surface area contributed by atoms with Gasteiger partial charge in [0.2, 0.25) is 0 Å². The zero-order chi connectivity index (χ0) is 68.7. The van der Waals surface area contributed by atoms with Crippen LogP contribution < -0.4 is 0 Å². The van der Waals surface area contributed by atoms with Crippen LogP contribution in [0.1, 0.15) is 376 Å². The first-order valence-electron chi connectivity index (χ1n) is 38.4. The number of unbranched alkanes of at least 4 members (excludes halogenated alkanes) is 39. The monoisotopic (exact) mass is 1370 g/mol. The van der Waals surface area contributed by atoms with Gasteiger partial charge in [0, 0.05) is 25.7 Å². The SMILES string of the molecule is CCCCCCCCCCCCCCCCCCCC(=O)OC[C@H](COP(=O)(O)OC[C@@H](O)COP(=O)(O)OC[C@@H](COC(=O)CCCCCCCCC(C)C)OC(=O)CCCCCCCCC(C)C)OC(=O)CCCCCCCCCCCCCCCCC(C)CC. The summed E-state index contributed by atoms with van der Waals surface area (Å²) in [5.41, 5.74) is 0. The highest BCUT2D eigenvalue weighted by Crippen LogP contribution is 2.45. The Kier molecular flexibility index (Phi) is 63.4. The minimum absolute atomic E-state index is 0.101. The summed E-state index contributed by atoms with van der Waals surface area (Å²) in [5.74, 6) is 0.0673. The molecule has 0 aliphatic rings. The summed E-state index contributed by atoms with van der Waals surface area (Å²) in [5, 5.41) is 10.6. The predicted octanol–water partition coefficient (Wildman–Crippen LogP) is 21.4. The highest BCUT2D eigenvalue weighted by atomic mass is 31.2. The van der Waals surface area contributed by atoms with E-state index in [-0.39, 0.29) is 25.7 Å². The van der Waals surface area contributed by atoms with Crippen molar-refractivity contribution in [3.63, 3.8) is 0 Å². The van der Waals surface area contributed by atoms with Gasteiger partial charge in [0.05, 0.1) is 26.4 Å². The van der Waals surface area contributed by atoms with Gasteiger partial charge < -0.3 is 33.8 Å². The molecule has 0 saturated heterocycles. The molecule has 0 radical (unpaired) electrons. The van der Waals surface area contributed by atoms with Gasteiger partial charge in [-0.15, -0.1) is 0 Å². The smallest absolute Gasteiger partial charge is 0.462 e. The van der Waals surface area contributed by atoms with Crippen LogP contribution in [0.2, 0.25) is 0 Å². The van der Waals surface area contributed by atoms with Gasteiger partial charge in [0.25, 0.3) is 0 Å². The zero-order valence-electron chi connectivity index (χ0n) is 60.7. The van der Waals surface area contributed by atoms with E-state index in [1.54, 1.807) is 0 Å². The van der Waals surface area contributed by atoms with E-state index in [0.29, 0.717) is 37.5 Å². The van der Waals surface area contributed by atoms with Crippen LogP contribution in [0.15, 0.2) is 0 Å². The number of aliphatic hydroxyl groups excluding tert-OH is 1. The van der Waals surface area contributed by atoms with Gasteiger partial charge in [0.1, 0.15) is 19.3 Å². The number of hydrogen-bond donors (Lipinski definition) is 3. The van der Waals surface area contributed by atoms with E-state index in [0.717, 1.165) is 102 Å². The Balaban J connectivity index is 5.20. The molecule has 0 spiro atoms. The molecule has 0 bridgehead atoms. The largest absolute Gasteiger partial charge is 0.472 e. The Morgan fingerprint density at radius 3 is 0.817 bits per heavy atom. The lowest BCUT2D eigenvalue weighted by molar-refractivity contribution is -0.161. The van der Waals surface area contributed by atoms with Gasteiger partial charge in [0.15, 0.2) is 12.2 Å². The predicted molar refractivity (Wildman–Crippen MR) is 377 cm³/mol. The lowest BCUT2D eigenvalue weighted by atomic mass is 9.99. The fourth-order valence-electron chi connectivity index (χ4n) is 11.2. The number of ether oxygens (including phenoxy) is 4. The number of carbonyl (C=O) groups excluding carboxylic acids is 4. The molecule has 0 heterocycles. The molecule has 0 aromatic heterocycles. The molecule has 0 rings (SSSR count). The molecule has 3 N–H and O–H groups in total. The van der Waals surface area contributed by atoms with Crippen molar-refractivity contribution in [3.8, 4) is 0 Å². The van der Waals surface area contributed by atoms with E-state index in [1.165, 1.54) is 180 Å². The van der Waals surface area contributed by atoms with Gasteiger partial charge in [-0.05, 0) is 43.4 Å². The number of phosphoric acid groups is 2. The van der Waals surface area contributed by atoms with E-state index in [2.05, 4.69) is 48.5 Å². The molecule has 6 atom stereocenters. The van der Waals surface area contributed by atoms with Crippen molar-refractivity contribution in [1.82, 2.24) is 0 Å². The zero-order valence-corrected chi connectivity index (χ0v) is 62.5. The number of hydrogen-bond acceptors (Lipinski definition) is 15. The Hall–Kier alpha value is -1.94. The first kappa shape index (κ1) is 91.1. The summed E-state index contributed by atoms with van der Waals surface area (Å²) < 4.78 is 68.3. The van der Waals surface area contributed by atoms with Crippen molar-refractivity contribution in [2.24, 2.45) is 17.8 Å². The molecule has 552 valence electrons. The van der Waals surface area contributed by atoms with E-state index in [1.807, 2.05) is 0 Å². The first-order chi connectivity index (χ1) is 44.8. The quantitative estimate of drug-likeness (QED) is 0.0222. The third kappa shape index (κ3) is 67.0. The number of esters is 4. The van der Waals surface area contributed by atoms with Crippen molar-refractivity contribution in [1.29, 1.82) is 0 Å². The maximum absolute atomic E-state index is 13.1. The van der Waals surface area contributed by atoms with Crippen molar-refractivity contribution < 1.29 is 80.2 Å². The fourth-order valence-corrected chi connectivity index (χ4v) is 12.8. The highest BCUT2D eigenvalue weighted by molar-refractivity contribution is 7.47. The van der Waals surface area contributed by atoms with Crippen molar-refractivity contribution in [2.45, 2.75) is 394 Å². The van der Waals surface area contributed by atoms with Crippen LogP contribution in [-0.2, 0) is 65.4 Å². The molecular weight excluding hydrogens is 1220 g/mol. The molecular formula is C74H144O17P2. The fraction of sp³-hybridized carbons (Fsp3) is 0.946. The van der Waals surface area contributed by atoms with Crippen LogP contribution in [0.4, 0.5) is 0 Å². The minimum Gasteiger partial charge on any atom is -0.462 e. The van der Waals surface area contributed by atoms with E-state index in [4.69, 9.17) is 37.0 Å². The average Bonchev–Trinajstić information content (AvgIpc) is 1.65. The second-order valence-corrected chi connectivity index (χ2v) is 30.8. The number of carbonyl (C=O) groups is 4. The summed E-state index contributed by atoms with van der Waals surface area (Å²) in [6.45, 7) is 11.8. The van der Waals surface area contributed by atoms with Crippen LogP contribution in [-0.4, -0.2) is 96.7 Å². The summed E-state index contributed by atoms with van der Waals surface area (Å²) in [7, 11) is -9.90. The summed E-state index contributed by atoms with van der Waals surface area (Å²) in [6, 6.07) is 0. The number of aliphatic hydroxyl groups is 1. The minimum atomic E-state index is -4.96. The molecule has 0 aromatic rings. The van der Waals surface area contributed by atoms with E-state index in [9.17, 15) is 43.2 Å². The normalized spacial score (nSPS) is 14.4. The highest BCUT2D eigenvalue weighted by Gasteiger charge is 2.30. The Morgan fingerprint density at radius 1 is 0.312 bits per heavy atom. The van der Waals surface area contributed by atoms with Crippen LogP contribution in [0, 0.1) is 17.8 Å². The van der Waals surface area contributed by atoms with Gasteiger partial charge in [-0.25, -0.2) is 9.13 Å². The first-order valence-corrected chi connectivity index (χ1v) is 41.4.